The molecule has 0 aromatic heterocycles. The topological polar surface area (TPSA) is 88.7 Å². The van der Waals surface area contributed by atoms with Gasteiger partial charge in [-0.1, -0.05) is 24.3 Å². The number of ether oxygens (including phenoxy) is 2. The molecule has 0 unspecified atom stereocenters. The molecule has 4 rings (SSSR count). The molecule has 7 heteroatoms. The molecular formula is C27H29N3O4. The molecule has 1 saturated carbocycles. The third kappa shape index (κ3) is 6.75. The largest absolute Gasteiger partial charge is 0.490 e. The van der Waals surface area contributed by atoms with E-state index in [9.17, 15) is 9.59 Å². The Bertz CT molecular complexity index is 1110. The number of nitrogens with one attached hydrogen (secondary N) is 3. The van der Waals surface area contributed by atoms with Gasteiger partial charge in [0.1, 0.15) is 24.7 Å². The summed E-state index contributed by atoms with van der Waals surface area (Å²) in [6.45, 7) is 2.89. The maximum atomic E-state index is 12.4. The third-order valence-corrected chi connectivity index (χ3v) is 5.49. The molecule has 1 fully saturated rings. The number of amides is 2. The molecule has 1 aliphatic carbocycles. The quantitative estimate of drug-likeness (QED) is 0.357. The SMILES string of the molecule is Cc1c(NC(=O)CNc2ccc(OCCOc3ccccc3)cc2)cccc1NC(=O)C1CC1. The van der Waals surface area contributed by atoms with Crippen molar-refractivity contribution in [2.75, 3.05) is 35.7 Å². The first kappa shape index (κ1) is 23.2. The lowest BCUT2D eigenvalue weighted by Crippen LogP contribution is -2.22. The molecule has 0 atom stereocenters. The van der Waals surface area contributed by atoms with Crippen LogP contribution in [0, 0.1) is 12.8 Å². The van der Waals surface area contributed by atoms with Crippen molar-refractivity contribution in [3.8, 4) is 11.5 Å². The highest BCUT2D eigenvalue weighted by Gasteiger charge is 2.29. The molecule has 3 N–H and O–H groups in total. The zero-order valence-electron chi connectivity index (χ0n) is 19.2. The van der Waals surface area contributed by atoms with E-state index in [0.29, 0.717) is 18.9 Å². The van der Waals surface area contributed by atoms with Crippen molar-refractivity contribution < 1.29 is 19.1 Å². The second-order valence-electron chi connectivity index (χ2n) is 8.18. The highest BCUT2D eigenvalue weighted by atomic mass is 16.5. The lowest BCUT2D eigenvalue weighted by atomic mass is 10.1. The van der Waals surface area contributed by atoms with E-state index >= 15 is 0 Å². The average Bonchev–Trinajstić information content (AvgIpc) is 3.70. The number of rotatable bonds is 11. The highest BCUT2D eigenvalue weighted by Crippen LogP contribution is 2.31. The van der Waals surface area contributed by atoms with E-state index in [1.807, 2.05) is 79.7 Å². The zero-order chi connectivity index (χ0) is 23.8. The number of anilines is 3. The summed E-state index contributed by atoms with van der Waals surface area (Å²) in [6.07, 6.45) is 1.89. The van der Waals surface area contributed by atoms with Crippen LogP contribution in [0.3, 0.4) is 0 Å². The summed E-state index contributed by atoms with van der Waals surface area (Å²) >= 11 is 0. The van der Waals surface area contributed by atoms with Crippen LogP contribution in [0.4, 0.5) is 17.1 Å². The van der Waals surface area contributed by atoms with Gasteiger partial charge in [0.05, 0.1) is 6.54 Å². The molecule has 176 valence electrons. The highest BCUT2D eigenvalue weighted by molar-refractivity contribution is 5.98. The van der Waals surface area contributed by atoms with Crippen LogP contribution >= 0.6 is 0 Å². The Kier molecular flexibility index (Phi) is 7.65. The fourth-order valence-electron chi connectivity index (χ4n) is 3.37. The molecule has 3 aromatic carbocycles. The minimum atomic E-state index is -0.174. The smallest absolute Gasteiger partial charge is 0.243 e. The summed E-state index contributed by atoms with van der Waals surface area (Å²) in [5.41, 5.74) is 3.06. The second kappa shape index (κ2) is 11.2. The Morgan fingerprint density at radius 3 is 2.06 bits per heavy atom. The maximum Gasteiger partial charge on any atom is 0.243 e. The van der Waals surface area contributed by atoms with Crippen molar-refractivity contribution >= 4 is 28.9 Å². The molecule has 0 radical (unpaired) electrons. The van der Waals surface area contributed by atoms with Crippen molar-refractivity contribution in [1.82, 2.24) is 0 Å². The van der Waals surface area contributed by atoms with Gasteiger partial charge in [0.25, 0.3) is 0 Å². The number of carbonyl (C=O) groups is 2. The summed E-state index contributed by atoms with van der Waals surface area (Å²) in [7, 11) is 0. The van der Waals surface area contributed by atoms with Crippen LogP contribution in [-0.4, -0.2) is 31.6 Å². The molecule has 1 aliphatic rings. The van der Waals surface area contributed by atoms with Gasteiger partial charge in [0.15, 0.2) is 0 Å². The van der Waals surface area contributed by atoms with Crippen LogP contribution in [-0.2, 0) is 9.59 Å². The molecule has 3 aromatic rings. The van der Waals surface area contributed by atoms with Gasteiger partial charge in [0, 0.05) is 23.0 Å². The minimum absolute atomic E-state index is 0.0457. The van der Waals surface area contributed by atoms with E-state index in [1.54, 1.807) is 0 Å². The summed E-state index contributed by atoms with van der Waals surface area (Å²) in [6, 6.07) is 22.5. The van der Waals surface area contributed by atoms with E-state index in [4.69, 9.17) is 9.47 Å². The van der Waals surface area contributed by atoms with Crippen molar-refractivity contribution in [3.63, 3.8) is 0 Å². The van der Waals surface area contributed by atoms with Gasteiger partial charge in [-0.05, 0) is 73.9 Å². The van der Waals surface area contributed by atoms with E-state index in [1.165, 1.54) is 0 Å². The van der Waals surface area contributed by atoms with Gasteiger partial charge in [-0.2, -0.15) is 0 Å². The Hall–Kier alpha value is -4.00. The standard InChI is InChI=1S/C27H29N3O4/c1-19-24(8-5-9-25(19)30-27(32)20-10-11-20)29-26(31)18-28-21-12-14-23(15-13-21)34-17-16-33-22-6-3-2-4-7-22/h2-9,12-15,20,28H,10-11,16-18H2,1H3,(H,29,31)(H,30,32). The molecule has 0 bridgehead atoms. The molecule has 34 heavy (non-hydrogen) atoms. The molecular weight excluding hydrogens is 430 g/mol. The van der Waals surface area contributed by atoms with E-state index in [2.05, 4.69) is 16.0 Å². The van der Waals surface area contributed by atoms with Crippen molar-refractivity contribution in [3.05, 3.63) is 78.4 Å². The van der Waals surface area contributed by atoms with Crippen LogP contribution in [0.25, 0.3) is 0 Å². The van der Waals surface area contributed by atoms with Crippen LogP contribution < -0.4 is 25.4 Å². The first-order valence-electron chi connectivity index (χ1n) is 11.4. The van der Waals surface area contributed by atoms with Crippen molar-refractivity contribution in [2.45, 2.75) is 19.8 Å². The van der Waals surface area contributed by atoms with Gasteiger partial charge in [-0.15, -0.1) is 0 Å². The third-order valence-electron chi connectivity index (χ3n) is 5.49. The molecule has 2 amide bonds. The predicted molar refractivity (Wildman–Crippen MR) is 134 cm³/mol. The van der Waals surface area contributed by atoms with Crippen molar-refractivity contribution in [2.24, 2.45) is 5.92 Å². The van der Waals surface area contributed by atoms with Crippen LogP contribution in [0.5, 0.6) is 11.5 Å². The number of hydrogen-bond acceptors (Lipinski definition) is 5. The summed E-state index contributed by atoms with van der Waals surface area (Å²) < 4.78 is 11.3. The fraction of sp³-hybridized carbons (Fsp3) is 0.259. The van der Waals surface area contributed by atoms with Crippen molar-refractivity contribution in [1.29, 1.82) is 0 Å². The second-order valence-corrected chi connectivity index (χ2v) is 8.18. The van der Waals surface area contributed by atoms with Crippen LogP contribution in [0.1, 0.15) is 18.4 Å². The Morgan fingerprint density at radius 1 is 0.794 bits per heavy atom. The van der Waals surface area contributed by atoms with E-state index in [0.717, 1.165) is 41.3 Å². The number of hydrogen-bond donors (Lipinski definition) is 3. The fourth-order valence-corrected chi connectivity index (χ4v) is 3.37. The van der Waals surface area contributed by atoms with Gasteiger partial charge >= 0.3 is 0 Å². The number of carbonyl (C=O) groups excluding carboxylic acids is 2. The summed E-state index contributed by atoms with van der Waals surface area (Å²) in [5, 5.41) is 8.96. The first-order chi connectivity index (χ1) is 16.6. The Labute approximate surface area is 199 Å². The first-order valence-corrected chi connectivity index (χ1v) is 11.4. The molecule has 0 heterocycles. The normalized spacial score (nSPS) is 12.5. The Balaban J connectivity index is 1.20. The average molecular weight is 460 g/mol. The number of para-hydroxylation sites is 1. The lowest BCUT2D eigenvalue weighted by Gasteiger charge is -2.14. The monoisotopic (exact) mass is 459 g/mol. The van der Waals surface area contributed by atoms with Gasteiger partial charge < -0.3 is 25.4 Å². The van der Waals surface area contributed by atoms with Gasteiger partial charge in [-0.25, -0.2) is 0 Å². The van der Waals surface area contributed by atoms with Crippen LogP contribution in [0.2, 0.25) is 0 Å². The maximum absolute atomic E-state index is 12.4. The summed E-state index contributed by atoms with van der Waals surface area (Å²) in [5.74, 6) is 1.54. The number of benzene rings is 3. The van der Waals surface area contributed by atoms with Crippen LogP contribution in [0.15, 0.2) is 72.8 Å². The molecule has 0 saturated heterocycles. The van der Waals surface area contributed by atoms with Gasteiger partial charge in [-0.3, -0.25) is 9.59 Å². The molecule has 0 aliphatic heterocycles. The molecule has 0 spiro atoms. The Morgan fingerprint density at radius 2 is 1.41 bits per heavy atom. The van der Waals surface area contributed by atoms with E-state index in [-0.39, 0.29) is 24.3 Å². The zero-order valence-corrected chi connectivity index (χ0v) is 19.2. The minimum Gasteiger partial charge on any atom is -0.490 e. The van der Waals surface area contributed by atoms with E-state index < -0.39 is 0 Å². The predicted octanol–water partition coefficient (Wildman–Crippen LogP) is 4.85. The van der Waals surface area contributed by atoms with Gasteiger partial charge in [0.2, 0.25) is 11.8 Å². The summed E-state index contributed by atoms with van der Waals surface area (Å²) in [4.78, 5) is 24.5. The molecule has 7 nitrogen and oxygen atoms in total. The lowest BCUT2D eigenvalue weighted by molar-refractivity contribution is -0.117.